The minimum absolute atomic E-state index is 0.137. The molecule has 1 N–H and O–H groups in total. The van der Waals surface area contributed by atoms with Crippen molar-refractivity contribution >= 4 is 0 Å². The molecule has 128 valence electrons. The van der Waals surface area contributed by atoms with Crippen LogP contribution >= 0.6 is 0 Å². The standard InChI is InChI=1S/C19H29NO3/c1-4-19(13-21)5-7-20(8-6-19)12-16-11-17(22-3)10-15-9-14(2)23-18(15)16/h10-11,14,21H,4-9,12-13H2,1-3H3. The van der Waals surface area contributed by atoms with Gasteiger partial charge in [0.1, 0.15) is 17.6 Å². The maximum absolute atomic E-state index is 9.69. The molecule has 2 aliphatic rings. The summed E-state index contributed by atoms with van der Waals surface area (Å²) in [4.78, 5) is 2.48. The number of fused-ring (bicyclic) bond motifs is 1. The number of methoxy groups -OCH3 is 1. The molecule has 1 fully saturated rings. The van der Waals surface area contributed by atoms with Crippen molar-refractivity contribution in [3.63, 3.8) is 0 Å². The Morgan fingerprint density at radius 1 is 1.35 bits per heavy atom. The van der Waals surface area contributed by atoms with Crippen LogP contribution in [0.15, 0.2) is 12.1 Å². The van der Waals surface area contributed by atoms with Crippen LogP contribution in [-0.4, -0.2) is 42.9 Å². The van der Waals surface area contributed by atoms with Crippen molar-refractivity contribution in [2.45, 2.75) is 52.2 Å². The molecule has 1 saturated heterocycles. The number of ether oxygens (including phenoxy) is 2. The van der Waals surface area contributed by atoms with E-state index in [1.54, 1.807) is 7.11 Å². The Bertz CT molecular complexity index is 544. The first-order chi connectivity index (χ1) is 11.1. The van der Waals surface area contributed by atoms with Gasteiger partial charge < -0.3 is 14.6 Å². The fraction of sp³-hybridized carbons (Fsp3) is 0.684. The molecular formula is C19H29NO3. The third-order valence-electron chi connectivity index (χ3n) is 5.67. The van der Waals surface area contributed by atoms with Crippen LogP contribution in [0.2, 0.25) is 0 Å². The summed E-state index contributed by atoms with van der Waals surface area (Å²) in [5.41, 5.74) is 2.64. The van der Waals surface area contributed by atoms with Crippen molar-refractivity contribution in [3.8, 4) is 11.5 Å². The molecule has 0 aromatic heterocycles. The van der Waals surface area contributed by atoms with Gasteiger partial charge in [0, 0.05) is 30.7 Å². The lowest BCUT2D eigenvalue weighted by molar-refractivity contribution is 0.0379. The maximum Gasteiger partial charge on any atom is 0.127 e. The molecule has 0 bridgehead atoms. The van der Waals surface area contributed by atoms with Gasteiger partial charge >= 0.3 is 0 Å². The summed E-state index contributed by atoms with van der Waals surface area (Å²) < 4.78 is 11.5. The number of hydrogen-bond acceptors (Lipinski definition) is 4. The summed E-state index contributed by atoms with van der Waals surface area (Å²) in [5, 5.41) is 9.69. The van der Waals surface area contributed by atoms with Gasteiger partial charge in [-0.25, -0.2) is 0 Å². The monoisotopic (exact) mass is 319 g/mol. The Labute approximate surface area is 139 Å². The lowest BCUT2D eigenvalue weighted by Crippen LogP contribution is -2.41. The van der Waals surface area contributed by atoms with E-state index < -0.39 is 0 Å². The summed E-state index contributed by atoms with van der Waals surface area (Å²) in [5.74, 6) is 1.99. The van der Waals surface area contributed by atoms with Gasteiger partial charge in [0.15, 0.2) is 0 Å². The molecule has 0 radical (unpaired) electrons. The van der Waals surface area contributed by atoms with Gasteiger partial charge in [0.05, 0.1) is 7.11 Å². The fourth-order valence-corrected chi connectivity index (χ4v) is 3.86. The molecule has 1 unspecified atom stereocenters. The second kappa shape index (κ2) is 6.70. The molecule has 3 rings (SSSR count). The SMILES string of the molecule is CCC1(CO)CCN(Cc2cc(OC)cc3c2OC(C)C3)CC1. The number of benzene rings is 1. The van der Waals surface area contributed by atoms with Crippen LogP contribution in [0.1, 0.15) is 44.2 Å². The minimum Gasteiger partial charge on any atom is -0.497 e. The molecule has 23 heavy (non-hydrogen) atoms. The zero-order valence-corrected chi connectivity index (χ0v) is 14.6. The van der Waals surface area contributed by atoms with Crippen LogP contribution in [0.5, 0.6) is 11.5 Å². The van der Waals surface area contributed by atoms with E-state index in [0.29, 0.717) is 6.61 Å². The van der Waals surface area contributed by atoms with Gasteiger partial charge in [0.2, 0.25) is 0 Å². The summed E-state index contributed by atoms with van der Waals surface area (Å²) in [6.07, 6.45) is 4.42. The predicted molar refractivity (Wildman–Crippen MR) is 91.1 cm³/mol. The minimum atomic E-state index is 0.137. The van der Waals surface area contributed by atoms with Crippen molar-refractivity contribution in [3.05, 3.63) is 23.3 Å². The number of aliphatic hydroxyl groups excluding tert-OH is 1. The molecule has 2 aliphatic heterocycles. The van der Waals surface area contributed by atoms with Crippen LogP contribution in [0, 0.1) is 5.41 Å². The van der Waals surface area contributed by atoms with Crippen LogP contribution in [0.25, 0.3) is 0 Å². The van der Waals surface area contributed by atoms with Crippen molar-refractivity contribution in [1.82, 2.24) is 4.90 Å². The normalized spacial score (nSPS) is 23.4. The topological polar surface area (TPSA) is 41.9 Å². The first kappa shape index (κ1) is 16.6. The van der Waals surface area contributed by atoms with Gasteiger partial charge in [0.25, 0.3) is 0 Å². The quantitative estimate of drug-likeness (QED) is 0.906. The summed E-state index contributed by atoms with van der Waals surface area (Å²) in [6, 6.07) is 4.22. The highest BCUT2D eigenvalue weighted by atomic mass is 16.5. The van der Waals surface area contributed by atoms with E-state index in [2.05, 4.69) is 30.9 Å². The van der Waals surface area contributed by atoms with Crippen LogP contribution in [0.3, 0.4) is 0 Å². The Balaban J connectivity index is 1.73. The Morgan fingerprint density at radius 2 is 2.09 bits per heavy atom. The first-order valence-electron chi connectivity index (χ1n) is 8.79. The summed E-state index contributed by atoms with van der Waals surface area (Å²) >= 11 is 0. The highest BCUT2D eigenvalue weighted by Gasteiger charge is 2.33. The molecular weight excluding hydrogens is 290 g/mol. The number of hydrogen-bond donors (Lipinski definition) is 1. The molecule has 2 heterocycles. The molecule has 4 heteroatoms. The first-order valence-corrected chi connectivity index (χ1v) is 8.79. The molecule has 1 aromatic rings. The predicted octanol–water partition coefficient (Wildman–Crippen LogP) is 3.00. The zero-order chi connectivity index (χ0) is 16.4. The number of likely N-dealkylation sites (tertiary alicyclic amines) is 1. The molecule has 0 saturated carbocycles. The largest absolute Gasteiger partial charge is 0.497 e. The van der Waals surface area contributed by atoms with Gasteiger partial charge in [-0.15, -0.1) is 0 Å². The van der Waals surface area contributed by atoms with Gasteiger partial charge in [-0.1, -0.05) is 6.92 Å². The van der Waals surface area contributed by atoms with Crippen molar-refractivity contribution in [1.29, 1.82) is 0 Å². The van der Waals surface area contributed by atoms with Gasteiger partial charge in [-0.05, 0) is 56.8 Å². The third-order valence-corrected chi connectivity index (χ3v) is 5.67. The van der Waals surface area contributed by atoms with E-state index in [0.717, 1.165) is 56.8 Å². The van der Waals surface area contributed by atoms with E-state index in [-0.39, 0.29) is 11.5 Å². The van der Waals surface area contributed by atoms with E-state index in [1.807, 2.05) is 0 Å². The molecule has 0 aliphatic carbocycles. The van der Waals surface area contributed by atoms with Crippen LogP contribution in [0.4, 0.5) is 0 Å². The Kier molecular flexibility index (Phi) is 4.83. The fourth-order valence-electron chi connectivity index (χ4n) is 3.86. The number of piperidine rings is 1. The van der Waals surface area contributed by atoms with Gasteiger partial charge in [-0.3, -0.25) is 4.90 Å². The van der Waals surface area contributed by atoms with E-state index in [9.17, 15) is 5.11 Å². The highest BCUT2D eigenvalue weighted by molar-refractivity contribution is 5.49. The van der Waals surface area contributed by atoms with Crippen molar-refractivity contribution in [2.75, 3.05) is 26.8 Å². The molecule has 0 spiro atoms. The lowest BCUT2D eigenvalue weighted by atomic mass is 9.77. The Morgan fingerprint density at radius 3 is 2.70 bits per heavy atom. The van der Waals surface area contributed by atoms with E-state index >= 15 is 0 Å². The third kappa shape index (κ3) is 3.33. The second-order valence-electron chi connectivity index (χ2n) is 7.20. The lowest BCUT2D eigenvalue weighted by Gasteiger charge is -2.40. The average Bonchev–Trinajstić information content (AvgIpc) is 2.96. The molecule has 1 atom stereocenters. The second-order valence-corrected chi connectivity index (χ2v) is 7.20. The number of aliphatic hydroxyl groups is 1. The summed E-state index contributed by atoms with van der Waals surface area (Å²) in [7, 11) is 1.72. The smallest absolute Gasteiger partial charge is 0.127 e. The van der Waals surface area contributed by atoms with E-state index in [4.69, 9.17) is 9.47 Å². The maximum atomic E-state index is 9.69. The van der Waals surface area contributed by atoms with Crippen molar-refractivity contribution < 1.29 is 14.6 Å². The number of nitrogens with zero attached hydrogens (tertiary/aromatic N) is 1. The number of rotatable bonds is 5. The van der Waals surface area contributed by atoms with E-state index in [1.165, 1.54) is 11.1 Å². The van der Waals surface area contributed by atoms with Crippen molar-refractivity contribution in [2.24, 2.45) is 5.41 Å². The van der Waals surface area contributed by atoms with Crippen LogP contribution in [-0.2, 0) is 13.0 Å². The summed E-state index contributed by atoms with van der Waals surface area (Å²) in [6.45, 7) is 7.60. The molecule has 1 aromatic carbocycles. The zero-order valence-electron chi connectivity index (χ0n) is 14.6. The van der Waals surface area contributed by atoms with Gasteiger partial charge in [-0.2, -0.15) is 0 Å². The highest BCUT2D eigenvalue weighted by Crippen LogP contribution is 2.39. The molecule has 0 amide bonds. The average molecular weight is 319 g/mol. The Hall–Kier alpha value is -1.26. The van der Waals surface area contributed by atoms with Crippen LogP contribution < -0.4 is 9.47 Å². The molecule has 4 nitrogen and oxygen atoms in total.